The highest BCUT2D eigenvalue weighted by Crippen LogP contribution is 2.41. The van der Waals surface area contributed by atoms with Crippen LogP contribution in [0.3, 0.4) is 0 Å². The van der Waals surface area contributed by atoms with Crippen LogP contribution >= 0.6 is 0 Å². The number of aromatic nitrogens is 2. The molecule has 0 spiro atoms. The first kappa shape index (κ1) is 19.6. The summed E-state index contributed by atoms with van der Waals surface area (Å²) in [5.41, 5.74) is 3.82. The molecule has 2 atom stereocenters. The molecule has 2 aliphatic heterocycles. The lowest BCUT2D eigenvalue weighted by Crippen LogP contribution is -2.61. The van der Waals surface area contributed by atoms with E-state index in [4.69, 9.17) is 0 Å². The van der Waals surface area contributed by atoms with Crippen molar-refractivity contribution in [3.63, 3.8) is 0 Å². The first-order chi connectivity index (χ1) is 13.5. The summed E-state index contributed by atoms with van der Waals surface area (Å²) in [6.07, 6.45) is 7.60. The lowest BCUT2D eigenvalue weighted by atomic mass is 9.69. The van der Waals surface area contributed by atoms with Gasteiger partial charge in [-0.2, -0.15) is 5.10 Å². The Kier molecular flexibility index (Phi) is 5.59. The lowest BCUT2D eigenvalue weighted by molar-refractivity contribution is -0.0684. The summed E-state index contributed by atoms with van der Waals surface area (Å²) in [6.45, 7) is 8.91. The Bertz CT molecular complexity index is 784. The van der Waals surface area contributed by atoms with Crippen LogP contribution in [-0.4, -0.2) is 64.0 Å². The van der Waals surface area contributed by atoms with E-state index in [1.165, 1.54) is 17.5 Å². The maximum absolute atomic E-state index is 10.1. The number of benzene rings is 1. The summed E-state index contributed by atoms with van der Waals surface area (Å²) in [5, 5.41) is 14.7. The molecular weight excluding hydrogens is 348 g/mol. The average molecular weight is 383 g/mol. The summed E-state index contributed by atoms with van der Waals surface area (Å²) in [4.78, 5) is 5.00. The van der Waals surface area contributed by atoms with Gasteiger partial charge in [0.05, 0.1) is 18.5 Å². The normalized spacial score (nSPS) is 26.5. The largest absolute Gasteiger partial charge is 0.396 e. The molecule has 1 aromatic carbocycles. The Labute approximate surface area is 169 Å². The lowest BCUT2D eigenvalue weighted by Gasteiger charge is -2.53. The molecule has 5 nitrogen and oxygen atoms in total. The second-order valence-electron chi connectivity index (χ2n) is 9.14. The van der Waals surface area contributed by atoms with Crippen LogP contribution in [0, 0.1) is 5.41 Å². The highest BCUT2D eigenvalue weighted by Gasteiger charge is 2.46. The van der Waals surface area contributed by atoms with Gasteiger partial charge in [-0.3, -0.25) is 4.90 Å². The quantitative estimate of drug-likeness (QED) is 0.862. The first-order valence-electron chi connectivity index (χ1n) is 10.7. The number of nitrogens with zero attached hydrogens (tertiary/aromatic N) is 4. The van der Waals surface area contributed by atoms with Crippen molar-refractivity contribution >= 4 is 0 Å². The molecule has 2 fully saturated rings. The number of likely N-dealkylation sites (N-methyl/N-ethyl adjacent to an activating group) is 1. The van der Waals surface area contributed by atoms with Crippen molar-refractivity contribution in [3.05, 3.63) is 47.8 Å². The van der Waals surface area contributed by atoms with Crippen molar-refractivity contribution in [1.82, 2.24) is 19.6 Å². The summed E-state index contributed by atoms with van der Waals surface area (Å²) < 4.78 is 1.98. The van der Waals surface area contributed by atoms with Crippen molar-refractivity contribution in [1.29, 1.82) is 0 Å². The molecule has 4 rings (SSSR count). The molecule has 2 aromatic rings. The van der Waals surface area contributed by atoms with Gasteiger partial charge < -0.3 is 10.0 Å². The second kappa shape index (κ2) is 7.97. The van der Waals surface area contributed by atoms with E-state index in [1.54, 1.807) is 0 Å². The third kappa shape index (κ3) is 3.76. The number of piperidine rings is 2. The molecule has 0 radical (unpaired) electrons. The van der Waals surface area contributed by atoms with Gasteiger partial charge in [0, 0.05) is 36.3 Å². The highest BCUT2D eigenvalue weighted by molar-refractivity contribution is 5.35. The summed E-state index contributed by atoms with van der Waals surface area (Å²) in [7, 11) is 2.22. The Hall–Kier alpha value is -1.69. The van der Waals surface area contributed by atoms with Gasteiger partial charge >= 0.3 is 0 Å². The van der Waals surface area contributed by atoms with Gasteiger partial charge in [-0.25, -0.2) is 4.68 Å². The fourth-order valence-corrected chi connectivity index (χ4v) is 5.07. The molecular formula is C23H34N4O. The first-order valence-corrected chi connectivity index (χ1v) is 10.7. The van der Waals surface area contributed by atoms with Gasteiger partial charge in [-0.15, -0.1) is 0 Å². The molecule has 152 valence electrons. The predicted molar refractivity (Wildman–Crippen MR) is 113 cm³/mol. The zero-order chi connectivity index (χ0) is 19.7. The molecule has 3 heterocycles. The summed E-state index contributed by atoms with van der Waals surface area (Å²) in [6, 6.07) is 9.15. The number of hydrogen-bond donors (Lipinski definition) is 1. The monoisotopic (exact) mass is 382 g/mol. The summed E-state index contributed by atoms with van der Waals surface area (Å²) in [5.74, 6) is 0.547. The van der Waals surface area contributed by atoms with Crippen molar-refractivity contribution in [3.8, 4) is 5.69 Å². The van der Waals surface area contributed by atoms with Gasteiger partial charge in [0.25, 0.3) is 0 Å². The molecule has 0 saturated carbocycles. The number of rotatable bonds is 5. The second-order valence-corrected chi connectivity index (χ2v) is 9.14. The van der Waals surface area contributed by atoms with Gasteiger partial charge in [0.15, 0.2) is 0 Å². The minimum atomic E-state index is 0.103. The Morgan fingerprint density at radius 2 is 1.96 bits per heavy atom. The number of aliphatic hydroxyl groups is 1. The third-order valence-electron chi connectivity index (χ3n) is 6.96. The van der Waals surface area contributed by atoms with Crippen molar-refractivity contribution < 1.29 is 5.11 Å². The molecule has 0 aliphatic carbocycles. The van der Waals surface area contributed by atoms with Crippen LogP contribution in [0.25, 0.3) is 5.69 Å². The van der Waals surface area contributed by atoms with E-state index in [1.807, 2.05) is 10.9 Å². The Morgan fingerprint density at radius 3 is 2.68 bits per heavy atom. The van der Waals surface area contributed by atoms with Crippen molar-refractivity contribution in [2.45, 2.75) is 51.6 Å². The Balaban J connectivity index is 1.43. The smallest absolute Gasteiger partial charge is 0.0645 e. The van der Waals surface area contributed by atoms with E-state index in [0.29, 0.717) is 18.6 Å². The van der Waals surface area contributed by atoms with E-state index in [0.717, 1.165) is 44.7 Å². The van der Waals surface area contributed by atoms with Gasteiger partial charge in [0.2, 0.25) is 0 Å². The fraction of sp³-hybridized carbons (Fsp3) is 0.609. The van der Waals surface area contributed by atoms with Crippen LogP contribution in [0.5, 0.6) is 0 Å². The van der Waals surface area contributed by atoms with Crippen LogP contribution in [-0.2, 0) is 6.54 Å². The minimum absolute atomic E-state index is 0.103. The molecule has 28 heavy (non-hydrogen) atoms. The maximum Gasteiger partial charge on any atom is 0.0645 e. The molecule has 2 aliphatic rings. The van der Waals surface area contributed by atoms with Gasteiger partial charge in [-0.1, -0.05) is 26.0 Å². The van der Waals surface area contributed by atoms with Crippen LogP contribution in [0.1, 0.15) is 50.2 Å². The van der Waals surface area contributed by atoms with Crippen molar-refractivity contribution in [2.24, 2.45) is 5.41 Å². The van der Waals surface area contributed by atoms with E-state index in [2.05, 4.69) is 66.3 Å². The fourth-order valence-electron chi connectivity index (χ4n) is 5.07. The van der Waals surface area contributed by atoms with E-state index < -0.39 is 0 Å². The zero-order valence-corrected chi connectivity index (χ0v) is 17.5. The SMILES string of the molecule is CC(C)c1ccc(-n2cc(CN3CC[C@@]4(CO)CCCN(C)[C@@H]4C3)cn2)cc1. The minimum Gasteiger partial charge on any atom is -0.396 e. The zero-order valence-electron chi connectivity index (χ0n) is 17.5. The molecule has 1 N–H and O–H groups in total. The highest BCUT2D eigenvalue weighted by atomic mass is 16.3. The van der Waals surface area contributed by atoms with E-state index in [9.17, 15) is 5.11 Å². The van der Waals surface area contributed by atoms with Crippen molar-refractivity contribution in [2.75, 3.05) is 33.3 Å². The van der Waals surface area contributed by atoms with E-state index >= 15 is 0 Å². The molecule has 1 aromatic heterocycles. The average Bonchev–Trinajstić information content (AvgIpc) is 3.17. The molecule has 5 heteroatoms. The molecule has 0 amide bonds. The molecule has 2 saturated heterocycles. The molecule has 0 bridgehead atoms. The predicted octanol–water partition coefficient (Wildman–Crippen LogP) is 3.27. The summed E-state index contributed by atoms with van der Waals surface area (Å²) >= 11 is 0. The van der Waals surface area contributed by atoms with Crippen LogP contribution in [0.4, 0.5) is 0 Å². The maximum atomic E-state index is 10.1. The molecule has 0 unspecified atom stereocenters. The topological polar surface area (TPSA) is 44.5 Å². The Morgan fingerprint density at radius 1 is 1.18 bits per heavy atom. The van der Waals surface area contributed by atoms with Gasteiger partial charge in [-0.05, 0) is 63.0 Å². The van der Waals surface area contributed by atoms with E-state index in [-0.39, 0.29) is 5.41 Å². The third-order valence-corrected chi connectivity index (χ3v) is 6.96. The van der Waals surface area contributed by atoms with Crippen LogP contribution in [0.15, 0.2) is 36.7 Å². The van der Waals surface area contributed by atoms with Gasteiger partial charge in [0.1, 0.15) is 0 Å². The van der Waals surface area contributed by atoms with Crippen LogP contribution in [0.2, 0.25) is 0 Å². The number of hydrogen-bond acceptors (Lipinski definition) is 4. The number of fused-ring (bicyclic) bond motifs is 1. The number of aliphatic hydroxyl groups excluding tert-OH is 1. The standard InChI is InChI=1S/C23H34N4O/c1-18(2)20-5-7-21(8-6-20)27-15-19(13-24-27)14-26-12-10-23(17-28)9-4-11-25(3)22(23)16-26/h5-8,13,15,18,22,28H,4,9-12,14,16-17H2,1-3H3/t22-,23-/m1/s1. The number of likely N-dealkylation sites (tertiary alicyclic amines) is 2. The van der Waals surface area contributed by atoms with Crippen LogP contribution < -0.4 is 0 Å².